The van der Waals surface area contributed by atoms with Crippen LogP contribution in [0.3, 0.4) is 0 Å². The molecule has 0 atom stereocenters. The fourth-order valence-corrected chi connectivity index (χ4v) is 4.95. The first kappa shape index (κ1) is 17.9. The topological polar surface area (TPSA) is 57.7 Å². The zero-order chi connectivity index (χ0) is 17.9. The Bertz CT molecular complexity index is 806. The molecule has 134 valence electrons. The Morgan fingerprint density at radius 3 is 2.56 bits per heavy atom. The number of aryl methyl sites for hydroxylation is 1. The van der Waals surface area contributed by atoms with E-state index in [1.807, 2.05) is 19.1 Å². The fraction of sp³-hybridized carbons (Fsp3) is 0.421. The molecule has 0 aliphatic carbocycles. The first-order chi connectivity index (χ1) is 12.0. The predicted molar refractivity (Wildman–Crippen MR) is 99.1 cm³/mol. The number of amides is 1. The average Bonchev–Trinajstić information content (AvgIpc) is 3.16. The Hall–Kier alpha value is -1.92. The predicted octanol–water partition coefficient (Wildman–Crippen LogP) is 2.88. The first-order valence-electron chi connectivity index (χ1n) is 8.78. The van der Waals surface area contributed by atoms with Crippen LogP contribution in [0.1, 0.15) is 31.7 Å². The molecule has 1 saturated heterocycles. The van der Waals surface area contributed by atoms with Crippen LogP contribution in [-0.4, -0.2) is 38.3 Å². The third-order valence-electron chi connectivity index (χ3n) is 4.68. The lowest BCUT2D eigenvalue weighted by atomic mass is 10.0. The summed E-state index contributed by atoms with van der Waals surface area (Å²) in [7, 11) is -3.42. The normalized spacial score (nSPS) is 19.0. The zero-order valence-corrected chi connectivity index (χ0v) is 15.3. The van der Waals surface area contributed by atoms with Gasteiger partial charge in [-0.2, -0.15) is 4.31 Å². The van der Waals surface area contributed by atoms with E-state index >= 15 is 0 Å². The van der Waals surface area contributed by atoms with Gasteiger partial charge < -0.3 is 4.90 Å². The monoisotopic (exact) mass is 360 g/mol. The van der Waals surface area contributed by atoms with Crippen molar-refractivity contribution in [2.75, 3.05) is 24.5 Å². The SMILES string of the molecule is CC=CC=CC(=O)N1CCCc2cc(S(=O)(=O)N3CCCC3)ccc21. The van der Waals surface area contributed by atoms with E-state index in [4.69, 9.17) is 0 Å². The summed E-state index contributed by atoms with van der Waals surface area (Å²) in [5.74, 6) is -0.0748. The summed E-state index contributed by atoms with van der Waals surface area (Å²) in [4.78, 5) is 14.5. The van der Waals surface area contributed by atoms with Crippen molar-refractivity contribution in [3.8, 4) is 0 Å². The van der Waals surface area contributed by atoms with E-state index in [-0.39, 0.29) is 5.91 Å². The van der Waals surface area contributed by atoms with Gasteiger partial charge in [-0.3, -0.25) is 4.79 Å². The third-order valence-corrected chi connectivity index (χ3v) is 6.58. The van der Waals surface area contributed by atoms with E-state index in [2.05, 4.69) is 0 Å². The number of allylic oxidation sites excluding steroid dienone is 3. The molecule has 0 N–H and O–H groups in total. The second kappa shape index (κ2) is 7.54. The standard InChI is InChI=1S/C19H24N2O3S/c1-2-3-4-9-19(22)21-14-7-8-16-15-17(10-11-18(16)21)25(23,24)20-12-5-6-13-20/h2-4,9-11,15H,5-8,12-14H2,1H3. The summed E-state index contributed by atoms with van der Waals surface area (Å²) in [6.07, 6.45) is 10.4. The first-order valence-corrected chi connectivity index (χ1v) is 10.2. The van der Waals surface area contributed by atoms with Gasteiger partial charge in [-0.25, -0.2) is 8.42 Å². The summed E-state index contributed by atoms with van der Waals surface area (Å²) in [5, 5.41) is 0. The van der Waals surface area contributed by atoms with Gasteiger partial charge in [0, 0.05) is 31.4 Å². The summed E-state index contributed by atoms with van der Waals surface area (Å²) < 4.78 is 27.0. The van der Waals surface area contributed by atoms with Gasteiger partial charge in [0.2, 0.25) is 10.0 Å². The molecule has 1 aromatic carbocycles. The van der Waals surface area contributed by atoms with Crippen molar-refractivity contribution in [3.63, 3.8) is 0 Å². The van der Waals surface area contributed by atoms with Crippen LogP contribution >= 0.6 is 0 Å². The van der Waals surface area contributed by atoms with Gasteiger partial charge in [0.25, 0.3) is 5.91 Å². The molecule has 0 unspecified atom stereocenters. The highest BCUT2D eigenvalue weighted by Crippen LogP contribution is 2.31. The Labute approximate surface area is 149 Å². The molecular weight excluding hydrogens is 336 g/mol. The molecule has 5 nitrogen and oxygen atoms in total. The van der Waals surface area contributed by atoms with Crippen molar-refractivity contribution in [2.45, 2.75) is 37.5 Å². The summed E-state index contributed by atoms with van der Waals surface area (Å²) >= 11 is 0. The van der Waals surface area contributed by atoms with E-state index in [0.29, 0.717) is 24.5 Å². The molecule has 0 saturated carbocycles. The maximum Gasteiger partial charge on any atom is 0.250 e. The van der Waals surface area contributed by atoms with Gasteiger partial charge in [-0.05, 0) is 56.4 Å². The maximum absolute atomic E-state index is 12.7. The lowest BCUT2D eigenvalue weighted by Gasteiger charge is -2.29. The van der Waals surface area contributed by atoms with Gasteiger partial charge in [0.1, 0.15) is 0 Å². The Morgan fingerprint density at radius 2 is 1.84 bits per heavy atom. The molecule has 1 amide bonds. The average molecular weight is 360 g/mol. The number of carbonyl (C=O) groups excluding carboxylic acids is 1. The van der Waals surface area contributed by atoms with Crippen LogP contribution in [0.15, 0.2) is 47.4 Å². The van der Waals surface area contributed by atoms with E-state index in [1.165, 1.54) is 0 Å². The number of rotatable bonds is 4. The second-order valence-corrected chi connectivity index (χ2v) is 8.32. The minimum atomic E-state index is -3.42. The molecule has 0 radical (unpaired) electrons. The molecule has 0 spiro atoms. The fourth-order valence-electron chi connectivity index (χ4n) is 3.38. The molecule has 1 fully saturated rings. The van der Waals surface area contributed by atoms with E-state index < -0.39 is 10.0 Å². The number of anilines is 1. The number of nitrogens with zero attached hydrogens (tertiary/aromatic N) is 2. The van der Waals surface area contributed by atoms with E-state index in [9.17, 15) is 13.2 Å². The molecule has 6 heteroatoms. The van der Waals surface area contributed by atoms with Crippen molar-refractivity contribution in [3.05, 3.63) is 48.1 Å². The van der Waals surface area contributed by atoms with Gasteiger partial charge in [0.15, 0.2) is 0 Å². The van der Waals surface area contributed by atoms with Crippen LogP contribution in [-0.2, 0) is 21.2 Å². The second-order valence-electron chi connectivity index (χ2n) is 6.38. The van der Waals surface area contributed by atoms with Gasteiger partial charge in [-0.1, -0.05) is 18.2 Å². The van der Waals surface area contributed by atoms with E-state index in [0.717, 1.165) is 36.9 Å². The number of benzene rings is 1. The highest BCUT2D eigenvalue weighted by atomic mass is 32.2. The van der Waals surface area contributed by atoms with Crippen molar-refractivity contribution in [2.24, 2.45) is 0 Å². The third kappa shape index (κ3) is 3.70. The Kier molecular flexibility index (Phi) is 5.39. The van der Waals surface area contributed by atoms with Crippen LogP contribution in [0, 0.1) is 0 Å². The van der Waals surface area contributed by atoms with Crippen molar-refractivity contribution < 1.29 is 13.2 Å². The van der Waals surface area contributed by atoms with Crippen LogP contribution in [0.25, 0.3) is 0 Å². The molecular formula is C19H24N2O3S. The van der Waals surface area contributed by atoms with Gasteiger partial charge in [0.05, 0.1) is 4.90 Å². The number of hydrogen-bond donors (Lipinski definition) is 0. The van der Waals surface area contributed by atoms with Crippen molar-refractivity contribution in [1.29, 1.82) is 0 Å². The summed E-state index contributed by atoms with van der Waals surface area (Å²) in [6, 6.07) is 5.16. The highest BCUT2D eigenvalue weighted by molar-refractivity contribution is 7.89. The molecule has 2 aliphatic heterocycles. The van der Waals surface area contributed by atoms with Crippen LogP contribution < -0.4 is 4.90 Å². The van der Waals surface area contributed by atoms with E-state index in [1.54, 1.807) is 39.6 Å². The minimum absolute atomic E-state index is 0.0748. The molecule has 25 heavy (non-hydrogen) atoms. The van der Waals surface area contributed by atoms with Crippen LogP contribution in [0.2, 0.25) is 0 Å². The summed E-state index contributed by atoms with van der Waals surface area (Å²) in [6.45, 7) is 3.75. The molecule has 3 rings (SSSR count). The molecule has 1 aromatic rings. The minimum Gasteiger partial charge on any atom is -0.309 e. The number of fused-ring (bicyclic) bond motifs is 1. The van der Waals surface area contributed by atoms with Crippen LogP contribution in [0.5, 0.6) is 0 Å². The largest absolute Gasteiger partial charge is 0.309 e. The molecule has 0 aromatic heterocycles. The Balaban J connectivity index is 1.88. The van der Waals surface area contributed by atoms with Gasteiger partial charge in [-0.15, -0.1) is 0 Å². The van der Waals surface area contributed by atoms with Crippen molar-refractivity contribution in [1.82, 2.24) is 4.31 Å². The number of carbonyl (C=O) groups is 1. The smallest absolute Gasteiger partial charge is 0.250 e. The van der Waals surface area contributed by atoms with Gasteiger partial charge >= 0.3 is 0 Å². The molecule has 0 bridgehead atoms. The lowest BCUT2D eigenvalue weighted by molar-refractivity contribution is -0.114. The zero-order valence-electron chi connectivity index (χ0n) is 14.5. The summed E-state index contributed by atoms with van der Waals surface area (Å²) in [5.41, 5.74) is 1.75. The lowest BCUT2D eigenvalue weighted by Crippen LogP contribution is -2.34. The Morgan fingerprint density at radius 1 is 1.08 bits per heavy atom. The molecule has 2 heterocycles. The number of sulfonamides is 1. The maximum atomic E-state index is 12.7. The highest BCUT2D eigenvalue weighted by Gasteiger charge is 2.29. The molecule has 2 aliphatic rings. The number of hydrogen-bond acceptors (Lipinski definition) is 3. The van der Waals surface area contributed by atoms with Crippen LogP contribution in [0.4, 0.5) is 5.69 Å². The quantitative estimate of drug-likeness (QED) is 0.613. The van der Waals surface area contributed by atoms with Crippen molar-refractivity contribution >= 4 is 21.6 Å².